The summed E-state index contributed by atoms with van der Waals surface area (Å²) in [5.41, 5.74) is 5.71. The van der Waals surface area contributed by atoms with Crippen molar-refractivity contribution in [1.29, 1.82) is 0 Å². The third-order valence-electron chi connectivity index (χ3n) is 5.65. The molecule has 0 aromatic heterocycles. The minimum absolute atomic E-state index is 1.05. The van der Waals surface area contributed by atoms with Gasteiger partial charge in [0.2, 0.25) is 0 Å². The normalized spacial score (nSPS) is 12.6. The minimum Gasteiger partial charge on any atom is -0.0619 e. The van der Waals surface area contributed by atoms with Crippen molar-refractivity contribution in [1.82, 2.24) is 0 Å². The van der Waals surface area contributed by atoms with E-state index in [0.717, 1.165) is 6.42 Å². The van der Waals surface area contributed by atoms with Crippen molar-refractivity contribution in [2.45, 2.75) is 6.42 Å². The van der Waals surface area contributed by atoms with Crippen LogP contribution in [0.1, 0.15) is 11.1 Å². The quantitative estimate of drug-likeness (QED) is 0.273. The van der Waals surface area contributed by atoms with E-state index in [-0.39, 0.29) is 0 Å². The van der Waals surface area contributed by atoms with Gasteiger partial charge in [0.05, 0.1) is 0 Å². The zero-order chi connectivity index (χ0) is 16.4. The maximum absolute atomic E-state index is 2.41. The van der Waals surface area contributed by atoms with E-state index in [1.165, 1.54) is 54.6 Å². The van der Waals surface area contributed by atoms with E-state index in [0.29, 0.717) is 0 Å². The predicted octanol–water partition coefficient (Wildman–Crippen LogP) is 6.72. The van der Waals surface area contributed by atoms with Crippen LogP contribution < -0.4 is 0 Å². The molecule has 0 fully saturated rings. The Morgan fingerprint density at radius 2 is 1.20 bits per heavy atom. The van der Waals surface area contributed by atoms with Crippen molar-refractivity contribution >= 4 is 32.3 Å². The summed E-state index contributed by atoms with van der Waals surface area (Å²) in [6.45, 7) is 0. The van der Waals surface area contributed by atoms with Gasteiger partial charge in [0.25, 0.3) is 0 Å². The molecule has 0 N–H and O–H groups in total. The van der Waals surface area contributed by atoms with E-state index in [1.54, 1.807) is 0 Å². The SMILES string of the molecule is c1ccc2c(c1)Cc1cc3ccc4c5ccccc5ccc4c3cc1-2. The maximum atomic E-state index is 2.41. The largest absolute Gasteiger partial charge is 0.0619 e. The van der Waals surface area contributed by atoms with Crippen molar-refractivity contribution in [3.05, 3.63) is 96.1 Å². The molecule has 0 nitrogen and oxygen atoms in total. The van der Waals surface area contributed by atoms with Gasteiger partial charge in [0.1, 0.15) is 0 Å². The molecule has 0 bridgehead atoms. The second kappa shape index (κ2) is 4.70. The van der Waals surface area contributed by atoms with Crippen LogP contribution >= 0.6 is 0 Å². The van der Waals surface area contributed by atoms with E-state index in [2.05, 4.69) is 84.9 Å². The van der Waals surface area contributed by atoms with Gasteiger partial charge in [0, 0.05) is 0 Å². The molecule has 5 aromatic rings. The molecule has 0 atom stereocenters. The van der Waals surface area contributed by atoms with Crippen molar-refractivity contribution in [2.24, 2.45) is 0 Å². The van der Waals surface area contributed by atoms with Crippen LogP contribution in [0, 0.1) is 0 Å². The van der Waals surface area contributed by atoms with Crippen molar-refractivity contribution in [3.63, 3.8) is 0 Å². The van der Waals surface area contributed by atoms with Crippen LogP contribution in [-0.2, 0) is 6.42 Å². The third kappa shape index (κ3) is 1.77. The molecule has 0 saturated carbocycles. The fraction of sp³-hybridized carbons (Fsp3) is 0.0400. The summed E-state index contributed by atoms with van der Waals surface area (Å²) in [7, 11) is 0. The Kier molecular flexibility index (Phi) is 2.48. The molecular formula is C25H16. The van der Waals surface area contributed by atoms with Crippen molar-refractivity contribution < 1.29 is 0 Å². The Morgan fingerprint density at radius 1 is 0.440 bits per heavy atom. The zero-order valence-corrected chi connectivity index (χ0v) is 13.8. The monoisotopic (exact) mass is 316 g/mol. The lowest BCUT2D eigenvalue weighted by molar-refractivity contribution is 1.27. The lowest BCUT2D eigenvalue weighted by atomic mass is 9.94. The number of fused-ring (bicyclic) bond motifs is 8. The van der Waals surface area contributed by atoms with Crippen LogP contribution in [0.25, 0.3) is 43.4 Å². The highest BCUT2D eigenvalue weighted by atomic mass is 14.2. The molecule has 1 aliphatic carbocycles. The first-order valence-electron chi connectivity index (χ1n) is 8.84. The van der Waals surface area contributed by atoms with Gasteiger partial charge in [-0.2, -0.15) is 0 Å². The smallest absolute Gasteiger partial charge is 0.00132 e. The molecule has 0 saturated heterocycles. The Hall–Kier alpha value is -3.12. The minimum atomic E-state index is 1.05. The second-order valence-electron chi connectivity index (χ2n) is 7.01. The summed E-state index contributed by atoms with van der Waals surface area (Å²) in [5.74, 6) is 0. The fourth-order valence-corrected chi connectivity index (χ4v) is 4.46. The average Bonchev–Trinajstić information content (AvgIpc) is 3.03. The van der Waals surface area contributed by atoms with E-state index in [4.69, 9.17) is 0 Å². The van der Waals surface area contributed by atoms with Crippen LogP contribution in [0.4, 0.5) is 0 Å². The van der Waals surface area contributed by atoms with E-state index in [1.807, 2.05) is 0 Å². The summed E-state index contributed by atoms with van der Waals surface area (Å²) < 4.78 is 0. The molecule has 0 heterocycles. The van der Waals surface area contributed by atoms with Gasteiger partial charge in [0.15, 0.2) is 0 Å². The highest BCUT2D eigenvalue weighted by molar-refractivity contribution is 6.18. The molecule has 0 heteroatoms. The average molecular weight is 316 g/mol. The van der Waals surface area contributed by atoms with Crippen LogP contribution in [0.3, 0.4) is 0 Å². The molecule has 0 radical (unpaired) electrons. The van der Waals surface area contributed by atoms with Gasteiger partial charge in [-0.1, -0.05) is 78.9 Å². The molecule has 5 aromatic carbocycles. The molecule has 6 rings (SSSR count). The van der Waals surface area contributed by atoms with Crippen molar-refractivity contribution in [3.8, 4) is 11.1 Å². The molecule has 116 valence electrons. The number of benzene rings is 5. The van der Waals surface area contributed by atoms with Gasteiger partial charge < -0.3 is 0 Å². The number of hydrogen-bond acceptors (Lipinski definition) is 0. The summed E-state index contributed by atoms with van der Waals surface area (Å²) >= 11 is 0. The topological polar surface area (TPSA) is 0 Å². The van der Waals surface area contributed by atoms with Crippen LogP contribution in [0.5, 0.6) is 0 Å². The van der Waals surface area contributed by atoms with Gasteiger partial charge in [-0.25, -0.2) is 0 Å². The predicted molar refractivity (Wildman–Crippen MR) is 107 cm³/mol. The summed E-state index contributed by atoms with van der Waals surface area (Å²) in [5, 5.41) is 8.04. The highest BCUT2D eigenvalue weighted by Crippen LogP contribution is 2.41. The number of rotatable bonds is 0. The molecule has 0 unspecified atom stereocenters. The third-order valence-corrected chi connectivity index (χ3v) is 5.65. The highest BCUT2D eigenvalue weighted by Gasteiger charge is 2.19. The molecule has 0 aliphatic heterocycles. The Labute approximate surface area is 146 Å². The number of hydrogen-bond donors (Lipinski definition) is 0. The van der Waals surface area contributed by atoms with Crippen LogP contribution in [-0.4, -0.2) is 0 Å². The summed E-state index contributed by atoms with van der Waals surface area (Å²) in [6, 6.07) is 31.4. The summed E-state index contributed by atoms with van der Waals surface area (Å²) in [6.07, 6.45) is 1.05. The molecular weight excluding hydrogens is 300 g/mol. The van der Waals surface area contributed by atoms with Gasteiger partial charge in [-0.15, -0.1) is 0 Å². The first-order valence-corrected chi connectivity index (χ1v) is 8.84. The van der Waals surface area contributed by atoms with E-state index < -0.39 is 0 Å². The van der Waals surface area contributed by atoms with E-state index in [9.17, 15) is 0 Å². The second-order valence-corrected chi connectivity index (χ2v) is 7.01. The lowest BCUT2D eigenvalue weighted by Crippen LogP contribution is -1.84. The zero-order valence-electron chi connectivity index (χ0n) is 13.8. The van der Waals surface area contributed by atoms with Crippen LogP contribution in [0.15, 0.2) is 84.9 Å². The molecule has 0 amide bonds. The molecule has 0 spiro atoms. The standard InChI is InChI=1S/C25H16/c1-3-7-20-16(5-1)9-11-23-22(20)12-10-18-14-19-13-17-6-2-4-8-21(17)25(19)15-24(18)23/h1-12,14-15H,13H2. The molecule has 25 heavy (non-hydrogen) atoms. The lowest BCUT2D eigenvalue weighted by Gasteiger charge is -2.10. The summed E-state index contributed by atoms with van der Waals surface area (Å²) in [4.78, 5) is 0. The van der Waals surface area contributed by atoms with Gasteiger partial charge in [-0.3, -0.25) is 0 Å². The van der Waals surface area contributed by atoms with Gasteiger partial charge >= 0.3 is 0 Å². The van der Waals surface area contributed by atoms with Crippen molar-refractivity contribution in [2.75, 3.05) is 0 Å². The van der Waals surface area contributed by atoms with E-state index >= 15 is 0 Å². The Balaban J connectivity index is 1.75. The Bertz CT molecular complexity index is 1310. The van der Waals surface area contributed by atoms with Crippen LogP contribution in [0.2, 0.25) is 0 Å². The first-order chi connectivity index (χ1) is 12.4. The fourth-order valence-electron chi connectivity index (χ4n) is 4.46. The first kappa shape index (κ1) is 13.2. The van der Waals surface area contributed by atoms with Gasteiger partial charge in [-0.05, 0) is 67.1 Å². The maximum Gasteiger partial charge on any atom is -0.00132 e. The molecule has 1 aliphatic rings. The Morgan fingerprint density at radius 3 is 2.16 bits per heavy atom.